The number of ether oxygens (including phenoxy) is 3. The third kappa shape index (κ3) is 4.96. The minimum Gasteiger partial charge on any atom is -0.497 e. The SMILES string of the molecule is COC(=O)C1CCN(C(=O)c2cc(=O)c(OCc3cccc(OC)c3)co2)CC1. The molecule has 0 radical (unpaired) electrons. The van der Waals surface area contributed by atoms with Crippen LogP contribution in [0.15, 0.2) is 45.8 Å². The number of carbonyl (C=O) groups excluding carboxylic acids is 2. The van der Waals surface area contributed by atoms with Crippen LogP contribution in [0.2, 0.25) is 0 Å². The molecule has 1 aliphatic heterocycles. The number of likely N-dealkylation sites (tertiary alicyclic amines) is 1. The number of carbonyl (C=O) groups is 2. The van der Waals surface area contributed by atoms with Crippen molar-refractivity contribution in [3.05, 3.63) is 58.1 Å². The van der Waals surface area contributed by atoms with E-state index in [1.165, 1.54) is 7.11 Å². The lowest BCUT2D eigenvalue weighted by Crippen LogP contribution is -2.40. The number of amides is 1. The molecule has 1 fully saturated rings. The van der Waals surface area contributed by atoms with Crippen LogP contribution in [-0.2, 0) is 16.1 Å². The van der Waals surface area contributed by atoms with Gasteiger partial charge in [0.2, 0.25) is 11.2 Å². The van der Waals surface area contributed by atoms with Crippen LogP contribution in [0.1, 0.15) is 29.0 Å². The van der Waals surface area contributed by atoms with E-state index in [-0.39, 0.29) is 35.9 Å². The van der Waals surface area contributed by atoms with Crippen molar-refractivity contribution >= 4 is 11.9 Å². The van der Waals surface area contributed by atoms with Crippen LogP contribution in [0.25, 0.3) is 0 Å². The Labute approximate surface area is 168 Å². The second-order valence-electron chi connectivity index (χ2n) is 6.70. The highest BCUT2D eigenvalue weighted by Gasteiger charge is 2.29. The largest absolute Gasteiger partial charge is 0.497 e. The smallest absolute Gasteiger partial charge is 0.308 e. The lowest BCUT2D eigenvalue weighted by Gasteiger charge is -2.30. The molecular weight excluding hydrogens is 378 g/mol. The summed E-state index contributed by atoms with van der Waals surface area (Å²) in [5, 5.41) is 0. The minimum atomic E-state index is -0.438. The van der Waals surface area contributed by atoms with E-state index in [2.05, 4.69) is 0 Å². The first-order chi connectivity index (χ1) is 14.0. The fraction of sp³-hybridized carbons (Fsp3) is 0.381. The number of esters is 1. The van der Waals surface area contributed by atoms with Gasteiger partial charge in [0.15, 0.2) is 5.76 Å². The Morgan fingerprint density at radius 1 is 1.17 bits per heavy atom. The fourth-order valence-corrected chi connectivity index (χ4v) is 3.18. The monoisotopic (exact) mass is 401 g/mol. The van der Waals surface area contributed by atoms with Crippen molar-refractivity contribution in [1.82, 2.24) is 4.90 Å². The number of rotatable bonds is 6. The predicted octanol–water partition coefficient (Wildman–Crippen LogP) is 2.25. The van der Waals surface area contributed by atoms with Crippen molar-refractivity contribution in [3.8, 4) is 11.5 Å². The van der Waals surface area contributed by atoms with E-state index in [1.54, 1.807) is 18.1 Å². The second-order valence-corrected chi connectivity index (χ2v) is 6.70. The van der Waals surface area contributed by atoms with Crippen LogP contribution in [0, 0.1) is 5.92 Å². The number of piperidine rings is 1. The lowest BCUT2D eigenvalue weighted by atomic mass is 9.97. The van der Waals surface area contributed by atoms with Gasteiger partial charge in [-0.3, -0.25) is 14.4 Å². The third-order valence-electron chi connectivity index (χ3n) is 4.85. The van der Waals surface area contributed by atoms with Crippen LogP contribution in [-0.4, -0.2) is 44.1 Å². The number of methoxy groups -OCH3 is 2. The van der Waals surface area contributed by atoms with E-state index >= 15 is 0 Å². The van der Waals surface area contributed by atoms with Gasteiger partial charge in [0.25, 0.3) is 5.91 Å². The van der Waals surface area contributed by atoms with Crippen LogP contribution < -0.4 is 14.9 Å². The number of nitrogens with zero attached hydrogens (tertiary/aromatic N) is 1. The Bertz CT molecular complexity index is 929. The molecule has 8 heteroatoms. The summed E-state index contributed by atoms with van der Waals surface area (Å²) in [6, 6.07) is 8.42. The topological polar surface area (TPSA) is 95.3 Å². The van der Waals surface area contributed by atoms with Gasteiger partial charge in [-0.25, -0.2) is 0 Å². The van der Waals surface area contributed by atoms with E-state index in [4.69, 9.17) is 18.6 Å². The number of hydrogen-bond acceptors (Lipinski definition) is 7. The molecule has 0 unspecified atom stereocenters. The van der Waals surface area contributed by atoms with Crippen molar-refractivity contribution in [1.29, 1.82) is 0 Å². The van der Waals surface area contributed by atoms with Crippen molar-refractivity contribution in [2.75, 3.05) is 27.3 Å². The molecule has 1 aromatic heterocycles. The normalized spacial score (nSPS) is 14.3. The quantitative estimate of drug-likeness (QED) is 0.685. The van der Waals surface area contributed by atoms with Gasteiger partial charge in [-0.15, -0.1) is 0 Å². The average molecular weight is 401 g/mol. The van der Waals surface area contributed by atoms with Crippen molar-refractivity contribution < 1.29 is 28.2 Å². The summed E-state index contributed by atoms with van der Waals surface area (Å²) in [4.78, 5) is 38.0. The van der Waals surface area contributed by atoms with Gasteiger partial charge in [0.05, 0.1) is 20.1 Å². The Morgan fingerprint density at radius 2 is 1.93 bits per heavy atom. The van der Waals surface area contributed by atoms with Gasteiger partial charge in [0, 0.05) is 19.2 Å². The van der Waals surface area contributed by atoms with Crippen LogP contribution in [0.3, 0.4) is 0 Å². The molecule has 0 saturated carbocycles. The summed E-state index contributed by atoms with van der Waals surface area (Å²) in [5.41, 5.74) is 0.393. The summed E-state index contributed by atoms with van der Waals surface area (Å²) in [5.74, 6) is -0.196. The third-order valence-corrected chi connectivity index (χ3v) is 4.85. The lowest BCUT2D eigenvalue weighted by molar-refractivity contribution is -0.146. The van der Waals surface area contributed by atoms with E-state index in [0.29, 0.717) is 31.7 Å². The Hall–Kier alpha value is -3.29. The number of benzene rings is 1. The minimum absolute atomic E-state index is 0.0220. The zero-order valence-corrected chi connectivity index (χ0v) is 16.4. The van der Waals surface area contributed by atoms with Crippen molar-refractivity contribution in [2.24, 2.45) is 5.92 Å². The van der Waals surface area contributed by atoms with Gasteiger partial charge in [-0.05, 0) is 30.5 Å². The standard InChI is InChI=1S/C21H23NO7/c1-26-16-5-3-4-14(10-16)12-28-19-13-29-18(11-17(19)23)20(24)22-8-6-15(7-9-22)21(25)27-2/h3-5,10-11,13,15H,6-9,12H2,1-2H3. The molecule has 29 heavy (non-hydrogen) atoms. The van der Waals surface area contributed by atoms with Crippen molar-refractivity contribution in [3.63, 3.8) is 0 Å². The molecule has 2 aromatic rings. The first-order valence-electron chi connectivity index (χ1n) is 9.27. The molecule has 1 aliphatic rings. The van der Waals surface area contributed by atoms with Gasteiger partial charge in [-0.1, -0.05) is 12.1 Å². The Morgan fingerprint density at radius 3 is 2.59 bits per heavy atom. The second kappa shape index (κ2) is 9.27. The van der Waals surface area contributed by atoms with Crippen LogP contribution in [0.4, 0.5) is 0 Å². The zero-order valence-electron chi connectivity index (χ0n) is 16.4. The zero-order chi connectivity index (χ0) is 20.8. The molecule has 8 nitrogen and oxygen atoms in total. The summed E-state index contributed by atoms with van der Waals surface area (Å²) in [6.07, 6.45) is 2.19. The highest BCUT2D eigenvalue weighted by atomic mass is 16.5. The molecule has 1 saturated heterocycles. The highest BCUT2D eigenvalue weighted by Crippen LogP contribution is 2.20. The van der Waals surface area contributed by atoms with E-state index < -0.39 is 5.43 Å². The maximum Gasteiger partial charge on any atom is 0.308 e. The van der Waals surface area contributed by atoms with Gasteiger partial charge in [-0.2, -0.15) is 0 Å². The number of hydrogen-bond donors (Lipinski definition) is 0. The Balaban J connectivity index is 1.61. The first-order valence-corrected chi connectivity index (χ1v) is 9.27. The van der Waals surface area contributed by atoms with E-state index in [0.717, 1.165) is 17.9 Å². The van der Waals surface area contributed by atoms with Gasteiger partial charge in [0.1, 0.15) is 18.6 Å². The molecule has 154 valence electrons. The summed E-state index contributed by atoms with van der Waals surface area (Å²) in [6.45, 7) is 0.961. The molecule has 3 rings (SSSR count). The maximum atomic E-state index is 12.6. The average Bonchev–Trinajstić information content (AvgIpc) is 2.77. The molecular formula is C21H23NO7. The predicted molar refractivity (Wildman–Crippen MR) is 103 cm³/mol. The van der Waals surface area contributed by atoms with Crippen LogP contribution >= 0.6 is 0 Å². The van der Waals surface area contributed by atoms with Crippen LogP contribution in [0.5, 0.6) is 11.5 Å². The summed E-state index contributed by atoms with van der Waals surface area (Å²) >= 11 is 0. The fourth-order valence-electron chi connectivity index (χ4n) is 3.18. The molecule has 2 heterocycles. The van der Waals surface area contributed by atoms with E-state index in [1.807, 2.05) is 18.2 Å². The molecule has 0 spiro atoms. The molecule has 0 N–H and O–H groups in total. The van der Waals surface area contributed by atoms with Gasteiger partial charge < -0.3 is 23.5 Å². The molecule has 0 bridgehead atoms. The van der Waals surface area contributed by atoms with Gasteiger partial charge >= 0.3 is 5.97 Å². The summed E-state index contributed by atoms with van der Waals surface area (Å²) < 4.78 is 20.8. The first kappa shape index (κ1) is 20.4. The highest BCUT2D eigenvalue weighted by molar-refractivity contribution is 5.91. The van der Waals surface area contributed by atoms with Crippen molar-refractivity contribution in [2.45, 2.75) is 19.4 Å². The van der Waals surface area contributed by atoms with E-state index in [9.17, 15) is 14.4 Å². The maximum absolute atomic E-state index is 12.6. The molecule has 0 aliphatic carbocycles. The molecule has 0 atom stereocenters. The molecule has 1 aromatic carbocycles. The Kier molecular flexibility index (Phi) is 6.54. The molecule has 1 amide bonds. The summed E-state index contributed by atoms with van der Waals surface area (Å²) in [7, 11) is 2.93.